The van der Waals surface area contributed by atoms with Crippen LogP contribution in [0.1, 0.15) is 0 Å². The SMILES string of the molecule is [C-]#[N+]c1ccc(-c2nc3ccccc3nc2-n2c3ccccc3c3c4c5ccccc5n5c6ccccc6c(cc32)c45)cc1. The highest BCUT2D eigenvalue weighted by molar-refractivity contribution is 6.35. The molecule has 0 aliphatic carbocycles. The number of fused-ring (bicyclic) bond motifs is 11. The van der Waals surface area contributed by atoms with E-state index >= 15 is 0 Å². The average Bonchev–Trinajstić information content (AvgIpc) is 3.72. The van der Waals surface area contributed by atoms with Crippen LogP contribution in [0, 0.1) is 6.57 Å². The number of rotatable bonds is 2. The molecule has 0 saturated carbocycles. The second kappa shape index (κ2) is 8.41. The number of aromatic nitrogens is 4. The molecule has 44 heavy (non-hydrogen) atoms. The van der Waals surface area contributed by atoms with Gasteiger partial charge in [0.15, 0.2) is 11.5 Å². The zero-order chi connectivity index (χ0) is 28.9. The fourth-order valence-electron chi connectivity index (χ4n) is 7.23. The highest BCUT2D eigenvalue weighted by atomic mass is 15.1. The summed E-state index contributed by atoms with van der Waals surface area (Å²) in [5, 5.41) is 7.35. The Labute approximate surface area is 251 Å². The summed E-state index contributed by atoms with van der Waals surface area (Å²) in [7, 11) is 0. The van der Waals surface area contributed by atoms with Crippen LogP contribution in [0.15, 0.2) is 127 Å². The van der Waals surface area contributed by atoms with E-state index in [1.165, 1.54) is 48.9 Å². The molecule has 6 aromatic carbocycles. The van der Waals surface area contributed by atoms with Crippen LogP contribution < -0.4 is 0 Å². The predicted octanol–water partition coefficient (Wildman–Crippen LogP) is 10.1. The summed E-state index contributed by atoms with van der Waals surface area (Å²) in [6.45, 7) is 7.46. The van der Waals surface area contributed by atoms with Crippen LogP contribution in [0.3, 0.4) is 0 Å². The third kappa shape index (κ3) is 2.91. The minimum absolute atomic E-state index is 0.599. The Hall–Kier alpha value is -6.25. The molecule has 0 amide bonds. The van der Waals surface area contributed by atoms with Crippen molar-refractivity contribution in [3.8, 4) is 17.1 Å². The zero-order valence-electron chi connectivity index (χ0n) is 23.4. The molecular weight excluding hydrogens is 538 g/mol. The van der Waals surface area contributed by atoms with Crippen molar-refractivity contribution in [1.29, 1.82) is 0 Å². The lowest BCUT2D eigenvalue weighted by atomic mass is 10.0. The molecule has 0 N–H and O–H groups in total. The highest BCUT2D eigenvalue weighted by Crippen LogP contribution is 2.47. The van der Waals surface area contributed by atoms with Crippen molar-refractivity contribution in [2.75, 3.05) is 0 Å². The molecular formula is C39H21N5. The van der Waals surface area contributed by atoms with Crippen molar-refractivity contribution in [2.24, 2.45) is 0 Å². The Morgan fingerprint density at radius 3 is 1.84 bits per heavy atom. The standard InChI is InChI=1S/C39H21N5/c1-40-24-20-18-23(19-21-24)37-39(42-30-14-6-5-13-29(30)41-37)44-33-17-9-3-11-26(33)35-34(44)22-28-25-10-2-7-15-31(25)43-32-16-8-4-12-27(32)36(35)38(28)43/h2-22H. The minimum atomic E-state index is 0.599. The van der Waals surface area contributed by atoms with E-state index in [0.717, 1.165) is 39.1 Å². The molecule has 10 aromatic rings. The first-order valence-corrected chi connectivity index (χ1v) is 14.6. The third-order valence-electron chi connectivity index (χ3n) is 9.04. The molecule has 0 fully saturated rings. The van der Waals surface area contributed by atoms with Gasteiger partial charge in [0.2, 0.25) is 0 Å². The molecule has 0 aliphatic rings. The molecule has 4 heterocycles. The van der Waals surface area contributed by atoms with Gasteiger partial charge in [-0.05, 0) is 36.4 Å². The summed E-state index contributed by atoms with van der Waals surface area (Å²) >= 11 is 0. The van der Waals surface area contributed by atoms with Gasteiger partial charge in [-0.25, -0.2) is 14.8 Å². The van der Waals surface area contributed by atoms with Crippen molar-refractivity contribution >= 4 is 76.6 Å². The van der Waals surface area contributed by atoms with Crippen LogP contribution in [0.25, 0.3) is 92.9 Å². The van der Waals surface area contributed by atoms with Gasteiger partial charge >= 0.3 is 0 Å². The van der Waals surface area contributed by atoms with Gasteiger partial charge in [0.25, 0.3) is 0 Å². The van der Waals surface area contributed by atoms with Crippen molar-refractivity contribution < 1.29 is 0 Å². The van der Waals surface area contributed by atoms with Crippen molar-refractivity contribution in [3.63, 3.8) is 0 Å². The van der Waals surface area contributed by atoms with Gasteiger partial charge in [0, 0.05) is 37.9 Å². The minimum Gasteiger partial charge on any atom is -0.308 e. The molecule has 0 aliphatic heterocycles. The second-order valence-corrected chi connectivity index (χ2v) is 11.3. The second-order valence-electron chi connectivity index (χ2n) is 11.3. The van der Waals surface area contributed by atoms with Gasteiger partial charge in [0.1, 0.15) is 5.69 Å². The first kappa shape index (κ1) is 23.3. The fourth-order valence-corrected chi connectivity index (χ4v) is 7.23. The van der Waals surface area contributed by atoms with E-state index in [4.69, 9.17) is 16.5 Å². The molecule has 0 saturated heterocycles. The van der Waals surface area contributed by atoms with E-state index in [1.54, 1.807) is 0 Å². The van der Waals surface area contributed by atoms with E-state index in [-0.39, 0.29) is 0 Å². The van der Waals surface area contributed by atoms with E-state index < -0.39 is 0 Å². The van der Waals surface area contributed by atoms with Gasteiger partial charge in [-0.1, -0.05) is 91.0 Å². The topological polar surface area (TPSA) is 39.5 Å². The molecule has 0 bridgehead atoms. The Kier molecular flexibility index (Phi) is 4.46. The summed E-state index contributed by atoms with van der Waals surface area (Å²) in [6, 6.07) is 44.1. The monoisotopic (exact) mass is 559 g/mol. The van der Waals surface area contributed by atoms with Crippen LogP contribution in [0.2, 0.25) is 0 Å². The predicted molar refractivity (Wildman–Crippen MR) is 180 cm³/mol. The lowest BCUT2D eigenvalue weighted by Crippen LogP contribution is -2.03. The Morgan fingerprint density at radius 2 is 1.11 bits per heavy atom. The largest absolute Gasteiger partial charge is 0.308 e. The normalized spacial score (nSPS) is 12.1. The van der Waals surface area contributed by atoms with Gasteiger partial charge in [0.05, 0.1) is 45.2 Å². The van der Waals surface area contributed by atoms with Gasteiger partial charge in [-0.3, -0.25) is 4.57 Å². The van der Waals surface area contributed by atoms with Crippen molar-refractivity contribution in [2.45, 2.75) is 0 Å². The molecule has 5 heteroatoms. The third-order valence-corrected chi connectivity index (χ3v) is 9.04. The Morgan fingerprint density at radius 1 is 0.523 bits per heavy atom. The molecule has 0 atom stereocenters. The van der Waals surface area contributed by atoms with Gasteiger partial charge in [-0.15, -0.1) is 0 Å². The maximum absolute atomic E-state index is 7.46. The lowest BCUT2D eigenvalue weighted by molar-refractivity contribution is 1.08. The smallest absolute Gasteiger partial charge is 0.187 e. The van der Waals surface area contributed by atoms with E-state index in [1.807, 2.05) is 48.5 Å². The molecule has 5 nitrogen and oxygen atoms in total. The van der Waals surface area contributed by atoms with Gasteiger partial charge < -0.3 is 4.40 Å². The van der Waals surface area contributed by atoms with Crippen LogP contribution in [0.4, 0.5) is 5.69 Å². The Balaban J connectivity index is 1.45. The van der Waals surface area contributed by atoms with Crippen LogP contribution in [-0.2, 0) is 0 Å². The fraction of sp³-hybridized carbons (Fsp3) is 0. The number of hydrogen-bond donors (Lipinski definition) is 0. The van der Waals surface area contributed by atoms with Gasteiger partial charge in [-0.2, -0.15) is 0 Å². The molecule has 0 spiro atoms. The maximum Gasteiger partial charge on any atom is 0.187 e. The highest BCUT2D eigenvalue weighted by Gasteiger charge is 2.25. The number of para-hydroxylation sites is 5. The zero-order valence-corrected chi connectivity index (χ0v) is 23.4. The van der Waals surface area contributed by atoms with E-state index in [2.05, 4.69) is 92.7 Å². The number of hydrogen-bond acceptors (Lipinski definition) is 2. The summed E-state index contributed by atoms with van der Waals surface area (Å²) in [6.07, 6.45) is 0. The summed E-state index contributed by atoms with van der Waals surface area (Å²) in [5.74, 6) is 0.770. The average molecular weight is 560 g/mol. The van der Waals surface area contributed by atoms with E-state index in [9.17, 15) is 0 Å². The van der Waals surface area contributed by atoms with Crippen LogP contribution in [0.5, 0.6) is 0 Å². The molecule has 0 unspecified atom stereocenters. The molecule has 10 rings (SSSR count). The van der Waals surface area contributed by atoms with Crippen molar-refractivity contribution in [1.82, 2.24) is 18.9 Å². The first-order valence-electron chi connectivity index (χ1n) is 14.6. The lowest BCUT2D eigenvalue weighted by Gasteiger charge is -2.14. The molecule has 202 valence electrons. The number of nitrogens with zero attached hydrogens (tertiary/aromatic N) is 5. The van der Waals surface area contributed by atoms with E-state index in [0.29, 0.717) is 5.69 Å². The summed E-state index contributed by atoms with van der Waals surface area (Å²) in [4.78, 5) is 14.1. The quantitative estimate of drug-likeness (QED) is 0.198. The summed E-state index contributed by atoms with van der Waals surface area (Å²) < 4.78 is 4.73. The summed E-state index contributed by atoms with van der Waals surface area (Å²) in [5.41, 5.74) is 9.82. The molecule has 0 radical (unpaired) electrons. The molecule has 4 aromatic heterocycles. The van der Waals surface area contributed by atoms with Crippen LogP contribution in [-0.4, -0.2) is 18.9 Å². The van der Waals surface area contributed by atoms with Crippen LogP contribution >= 0.6 is 0 Å². The first-order chi connectivity index (χ1) is 21.8. The van der Waals surface area contributed by atoms with Crippen molar-refractivity contribution in [3.05, 3.63) is 139 Å². The maximum atomic E-state index is 7.46. The number of benzene rings is 6. The Bertz CT molecular complexity index is 2830.